The van der Waals surface area contributed by atoms with Crippen LogP contribution in [0.3, 0.4) is 0 Å². The van der Waals surface area contributed by atoms with E-state index in [1.54, 1.807) is 12.1 Å². The van der Waals surface area contributed by atoms with E-state index >= 15 is 0 Å². The maximum Gasteiger partial charge on any atom is 0.222 e. The van der Waals surface area contributed by atoms with E-state index in [1.165, 1.54) is 38.4 Å². The number of furan rings is 1. The van der Waals surface area contributed by atoms with Crippen molar-refractivity contribution in [3.63, 3.8) is 0 Å². The molecule has 0 bridgehead atoms. The highest BCUT2D eigenvalue weighted by atomic mass is 16.3. The topological polar surface area (TPSA) is 113 Å². The van der Waals surface area contributed by atoms with Crippen LogP contribution < -0.4 is 16.4 Å². The summed E-state index contributed by atoms with van der Waals surface area (Å²) in [6.07, 6.45) is 7.98. The molecular formula is C17H22N6O. The largest absolute Gasteiger partial charge is 0.463 e. The van der Waals surface area contributed by atoms with E-state index in [9.17, 15) is 5.26 Å². The van der Waals surface area contributed by atoms with Gasteiger partial charge in [0, 0.05) is 19.1 Å². The van der Waals surface area contributed by atoms with Crippen molar-refractivity contribution in [2.75, 3.05) is 24.1 Å². The second kappa shape index (κ2) is 7.79. The van der Waals surface area contributed by atoms with E-state index < -0.39 is 0 Å². The Labute approximate surface area is 141 Å². The summed E-state index contributed by atoms with van der Waals surface area (Å²) in [5.74, 6) is 1.06. The molecule has 1 saturated carbocycles. The fourth-order valence-corrected chi connectivity index (χ4v) is 3.07. The molecule has 1 fully saturated rings. The van der Waals surface area contributed by atoms with Gasteiger partial charge in [-0.2, -0.15) is 10.2 Å². The first kappa shape index (κ1) is 16.3. The summed E-state index contributed by atoms with van der Waals surface area (Å²) in [5, 5.41) is 16.2. The highest BCUT2D eigenvalue weighted by molar-refractivity contribution is 5.71. The van der Waals surface area contributed by atoms with Gasteiger partial charge in [0.25, 0.3) is 0 Å². The predicted molar refractivity (Wildman–Crippen MR) is 92.2 cm³/mol. The van der Waals surface area contributed by atoms with Crippen LogP contribution in [0.2, 0.25) is 0 Å². The zero-order chi connectivity index (χ0) is 16.8. The number of aromatic nitrogens is 2. The van der Waals surface area contributed by atoms with Crippen molar-refractivity contribution in [2.24, 2.45) is 0 Å². The number of nitrogens with zero attached hydrogens (tertiary/aromatic N) is 3. The number of nitrogens with one attached hydrogen (secondary N) is 2. The molecule has 2 heterocycles. The van der Waals surface area contributed by atoms with Crippen LogP contribution in [0.15, 0.2) is 22.8 Å². The molecule has 7 nitrogen and oxygen atoms in total. The molecule has 2 aromatic heterocycles. The zero-order valence-corrected chi connectivity index (χ0v) is 13.6. The lowest BCUT2D eigenvalue weighted by atomic mass is 9.95. The Balaban J connectivity index is 1.65. The van der Waals surface area contributed by atoms with Gasteiger partial charge in [-0.1, -0.05) is 19.3 Å². The second-order valence-electron chi connectivity index (χ2n) is 5.96. The number of nitrogens with two attached hydrogens (primary N) is 1. The van der Waals surface area contributed by atoms with Crippen molar-refractivity contribution in [2.45, 2.75) is 38.1 Å². The quantitative estimate of drug-likeness (QED) is 0.699. The molecule has 0 unspecified atom stereocenters. The van der Waals surface area contributed by atoms with Crippen LogP contribution in [0, 0.1) is 11.3 Å². The molecule has 24 heavy (non-hydrogen) atoms. The summed E-state index contributed by atoms with van der Waals surface area (Å²) >= 11 is 0. The van der Waals surface area contributed by atoms with Gasteiger partial charge in [0.1, 0.15) is 23.1 Å². The molecule has 0 radical (unpaired) electrons. The summed E-state index contributed by atoms with van der Waals surface area (Å²) in [6, 6.07) is 6.24. The Hall–Kier alpha value is -2.59. The minimum atomic E-state index is 0.114. The zero-order valence-electron chi connectivity index (χ0n) is 13.6. The fourth-order valence-electron chi connectivity index (χ4n) is 3.07. The molecule has 0 amide bonds. The first-order valence-electron chi connectivity index (χ1n) is 8.36. The van der Waals surface area contributed by atoms with Crippen molar-refractivity contribution in [1.82, 2.24) is 15.3 Å². The van der Waals surface area contributed by atoms with Gasteiger partial charge in [0.2, 0.25) is 5.95 Å². The second-order valence-corrected chi connectivity index (χ2v) is 5.96. The molecule has 4 N–H and O–H groups in total. The van der Waals surface area contributed by atoms with E-state index in [2.05, 4.69) is 26.7 Å². The highest BCUT2D eigenvalue weighted by Gasteiger charge is 2.17. The van der Waals surface area contributed by atoms with Crippen LogP contribution in [0.4, 0.5) is 11.8 Å². The molecule has 0 spiro atoms. The van der Waals surface area contributed by atoms with Gasteiger partial charge in [-0.25, -0.2) is 4.98 Å². The van der Waals surface area contributed by atoms with Gasteiger partial charge < -0.3 is 20.8 Å². The summed E-state index contributed by atoms with van der Waals surface area (Å²) in [6.45, 7) is 1.48. The van der Waals surface area contributed by atoms with E-state index in [0.717, 1.165) is 6.54 Å². The third-order valence-corrected chi connectivity index (χ3v) is 4.25. The van der Waals surface area contributed by atoms with Gasteiger partial charge in [0.05, 0.1) is 6.26 Å². The molecular weight excluding hydrogens is 304 g/mol. The van der Waals surface area contributed by atoms with E-state index in [1.807, 2.05) is 0 Å². The van der Waals surface area contributed by atoms with Gasteiger partial charge in [-0.05, 0) is 25.0 Å². The summed E-state index contributed by atoms with van der Waals surface area (Å²) in [5.41, 5.74) is 6.54. The SMILES string of the molecule is N#Cc1c(NCCNC2CCCCC2)nc(N)nc1-c1ccco1. The average molecular weight is 326 g/mol. The van der Waals surface area contributed by atoms with Crippen LogP contribution in [-0.4, -0.2) is 29.1 Å². The van der Waals surface area contributed by atoms with Crippen molar-refractivity contribution >= 4 is 11.8 Å². The minimum absolute atomic E-state index is 0.114. The number of rotatable bonds is 6. The number of anilines is 2. The Morgan fingerprint density at radius 2 is 2.08 bits per heavy atom. The predicted octanol–water partition coefficient (Wildman–Crippen LogP) is 2.52. The molecule has 0 aliphatic heterocycles. The van der Waals surface area contributed by atoms with Gasteiger partial charge in [0.15, 0.2) is 5.76 Å². The third-order valence-electron chi connectivity index (χ3n) is 4.25. The smallest absolute Gasteiger partial charge is 0.222 e. The first-order valence-corrected chi connectivity index (χ1v) is 8.36. The van der Waals surface area contributed by atoms with Crippen molar-refractivity contribution in [3.05, 3.63) is 24.0 Å². The molecule has 0 aromatic carbocycles. The maximum atomic E-state index is 9.48. The molecule has 1 aliphatic carbocycles. The Bertz CT molecular complexity index is 701. The highest BCUT2D eigenvalue weighted by Crippen LogP contribution is 2.26. The normalized spacial score (nSPS) is 15.1. The molecule has 0 saturated heterocycles. The lowest BCUT2D eigenvalue weighted by Gasteiger charge is -2.23. The van der Waals surface area contributed by atoms with Crippen LogP contribution in [0.5, 0.6) is 0 Å². The Morgan fingerprint density at radius 1 is 1.25 bits per heavy atom. The van der Waals surface area contributed by atoms with Crippen LogP contribution >= 0.6 is 0 Å². The van der Waals surface area contributed by atoms with Crippen molar-refractivity contribution < 1.29 is 4.42 Å². The Morgan fingerprint density at radius 3 is 2.79 bits per heavy atom. The van der Waals surface area contributed by atoms with Gasteiger partial charge in [-0.3, -0.25) is 0 Å². The third kappa shape index (κ3) is 3.84. The van der Waals surface area contributed by atoms with Crippen LogP contribution in [0.1, 0.15) is 37.7 Å². The number of hydrogen-bond donors (Lipinski definition) is 3. The molecule has 3 rings (SSSR count). The van der Waals surface area contributed by atoms with E-state index in [-0.39, 0.29) is 5.95 Å². The summed E-state index contributed by atoms with van der Waals surface area (Å²) < 4.78 is 5.34. The number of hydrogen-bond acceptors (Lipinski definition) is 7. The number of nitrogen functional groups attached to an aromatic ring is 1. The number of nitriles is 1. The fraction of sp³-hybridized carbons (Fsp3) is 0.471. The summed E-state index contributed by atoms with van der Waals surface area (Å²) in [4.78, 5) is 8.31. The lowest BCUT2D eigenvalue weighted by molar-refractivity contribution is 0.378. The maximum absolute atomic E-state index is 9.48. The molecule has 0 atom stereocenters. The van der Waals surface area contributed by atoms with Crippen molar-refractivity contribution in [1.29, 1.82) is 5.26 Å². The Kier molecular flexibility index (Phi) is 5.29. The lowest BCUT2D eigenvalue weighted by Crippen LogP contribution is -2.34. The van der Waals surface area contributed by atoms with Crippen LogP contribution in [-0.2, 0) is 0 Å². The van der Waals surface area contributed by atoms with E-state index in [0.29, 0.717) is 35.4 Å². The molecule has 7 heteroatoms. The summed E-state index contributed by atoms with van der Waals surface area (Å²) in [7, 11) is 0. The molecule has 126 valence electrons. The minimum Gasteiger partial charge on any atom is -0.463 e. The molecule has 1 aliphatic rings. The monoisotopic (exact) mass is 326 g/mol. The van der Waals surface area contributed by atoms with Crippen molar-refractivity contribution in [3.8, 4) is 17.5 Å². The van der Waals surface area contributed by atoms with Crippen LogP contribution in [0.25, 0.3) is 11.5 Å². The average Bonchev–Trinajstić information content (AvgIpc) is 3.13. The van der Waals surface area contributed by atoms with Gasteiger partial charge >= 0.3 is 0 Å². The standard InChI is InChI=1S/C17H22N6O/c18-11-13-15(14-7-4-10-24-14)22-17(19)23-16(13)21-9-8-20-12-5-2-1-3-6-12/h4,7,10,12,20H,1-3,5-6,8-9H2,(H3,19,21,22,23). The van der Waals surface area contributed by atoms with E-state index in [4.69, 9.17) is 10.2 Å². The first-order chi connectivity index (χ1) is 11.8. The van der Waals surface area contributed by atoms with Gasteiger partial charge in [-0.15, -0.1) is 0 Å². The molecule has 2 aromatic rings.